The fraction of sp³-hybridized carbons (Fsp3) is 0.375. The van der Waals surface area contributed by atoms with Gasteiger partial charge in [0.25, 0.3) is 5.91 Å². The van der Waals surface area contributed by atoms with Crippen molar-refractivity contribution < 1.29 is 4.79 Å². The van der Waals surface area contributed by atoms with Crippen LogP contribution in [0.15, 0.2) is 3.79 Å². The molecule has 0 saturated carbocycles. The third kappa shape index (κ3) is 1.10. The molecular weight excluding hydrogens is 238 g/mol. The summed E-state index contributed by atoms with van der Waals surface area (Å²) in [6.07, 6.45) is 3.24. The molecule has 1 aromatic rings. The molecule has 1 aliphatic rings. The standard InChI is InChI=1S/C8H8BrNOS/c9-7-5-3-1-2-4(5)6(12-7)8(10)11/h1-3H2,(H2,10,11). The van der Waals surface area contributed by atoms with E-state index in [9.17, 15) is 4.79 Å². The largest absolute Gasteiger partial charge is 0.365 e. The van der Waals surface area contributed by atoms with Gasteiger partial charge in [0.15, 0.2) is 0 Å². The zero-order chi connectivity index (χ0) is 8.72. The first-order valence-electron chi connectivity index (χ1n) is 3.80. The van der Waals surface area contributed by atoms with Crippen LogP contribution in [0.3, 0.4) is 0 Å². The normalized spacial score (nSPS) is 14.8. The zero-order valence-electron chi connectivity index (χ0n) is 6.39. The van der Waals surface area contributed by atoms with Gasteiger partial charge in [-0.2, -0.15) is 0 Å². The molecule has 0 saturated heterocycles. The predicted molar refractivity (Wildman–Crippen MR) is 52.6 cm³/mol. The Balaban J connectivity index is 2.58. The first-order valence-corrected chi connectivity index (χ1v) is 5.41. The molecular formula is C8H8BrNOS. The maximum atomic E-state index is 11.0. The molecule has 0 unspecified atom stereocenters. The SMILES string of the molecule is NC(=O)c1sc(Br)c2c1CCC2. The number of carbonyl (C=O) groups is 1. The van der Waals surface area contributed by atoms with Crippen molar-refractivity contribution in [2.45, 2.75) is 19.3 Å². The molecule has 0 fully saturated rings. The number of carbonyl (C=O) groups excluding carboxylic acids is 1. The summed E-state index contributed by atoms with van der Waals surface area (Å²) in [5.74, 6) is -0.288. The average Bonchev–Trinajstić information content (AvgIpc) is 2.53. The lowest BCUT2D eigenvalue weighted by molar-refractivity contribution is 0.100. The molecule has 1 heterocycles. The predicted octanol–water partition coefficient (Wildman–Crippen LogP) is 2.10. The van der Waals surface area contributed by atoms with Crippen molar-refractivity contribution in [1.82, 2.24) is 0 Å². The number of halogens is 1. The van der Waals surface area contributed by atoms with Gasteiger partial charge in [-0.3, -0.25) is 4.79 Å². The van der Waals surface area contributed by atoms with Crippen molar-refractivity contribution in [2.24, 2.45) is 5.73 Å². The molecule has 0 bridgehead atoms. The van der Waals surface area contributed by atoms with E-state index in [1.165, 1.54) is 22.5 Å². The summed E-state index contributed by atoms with van der Waals surface area (Å²) in [7, 11) is 0. The van der Waals surface area contributed by atoms with Gasteiger partial charge in [0.1, 0.15) is 0 Å². The first kappa shape index (κ1) is 8.26. The van der Waals surface area contributed by atoms with E-state index in [0.29, 0.717) is 0 Å². The molecule has 2 N–H and O–H groups in total. The van der Waals surface area contributed by atoms with E-state index in [4.69, 9.17) is 5.73 Å². The van der Waals surface area contributed by atoms with Crippen LogP contribution in [-0.2, 0) is 12.8 Å². The number of hydrogen-bond donors (Lipinski definition) is 1. The van der Waals surface area contributed by atoms with E-state index in [1.54, 1.807) is 0 Å². The van der Waals surface area contributed by atoms with E-state index < -0.39 is 0 Å². The second-order valence-electron chi connectivity index (χ2n) is 2.88. The van der Waals surface area contributed by atoms with Gasteiger partial charge in [-0.1, -0.05) is 0 Å². The van der Waals surface area contributed by atoms with Crippen LogP contribution in [-0.4, -0.2) is 5.91 Å². The molecule has 0 aliphatic heterocycles. The van der Waals surface area contributed by atoms with Crippen LogP contribution in [0.25, 0.3) is 0 Å². The summed E-state index contributed by atoms with van der Waals surface area (Å²) in [4.78, 5) is 11.7. The molecule has 64 valence electrons. The molecule has 12 heavy (non-hydrogen) atoms. The minimum atomic E-state index is -0.288. The lowest BCUT2D eigenvalue weighted by Gasteiger charge is -1.92. The lowest BCUT2D eigenvalue weighted by Crippen LogP contribution is -2.10. The van der Waals surface area contributed by atoms with Crippen LogP contribution in [0.4, 0.5) is 0 Å². The maximum absolute atomic E-state index is 11.0. The highest BCUT2D eigenvalue weighted by Crippen LogP contribution is 2.38. The van der Waals surface area contributed by atoms with Gasteiger partial charge < -0.3 is 5.73 Å². The van der Waals surface area contributed by atoms with Crippen LogP contribution in [0.2, 0.25) is 0 Å². The van der Waals surface area contributed by atoms with Crippen LogP contribution < -0.4 is 5.73 Å². The minimum Gasteiger partial charge on any atom is -0.365 e. The average molecular weight is 246 g/mol. The van der Waals surface area contributed by atoms with Crippen LogP contribution >= 0.6 is 27.3 Å². The molecule has 1 aliphatic carbocycles. The van der Waals surface area contributed by atoms with Crippen molar-refractivity contribution >= 4 is 33.2 Å². The molecule has 4 heteroatoms. The van der Waals surface area contributed by atoms with Crippen LogP contribution in [0, 0.1) is 0 Å². The zero-order valence-corrected chi connectivity index (χ0v) is 8.80. The Morgan fingerprint density at radius 1 is 1.42 bits per heavy atom. The van der Waals surface area contributed by atoms with E-state index in [0.717, 1.165) is 27.9 Å². The number of thiophene rings is 1. The number of rotatable bonds is 1. The number of amides is 1. The quantitative estimate of drug-likeness (QED) is 0.810. The van der Waals surface area contributed by atoms with E-state index in [1.807, 2.05) is 0 Å². The van der Waals surface area contributed by atoms with Crippen molar-refractivity contribution in [3.63, 3.8) is 0 Å². The second-order valence-corrected chi connectivity index (χ2v) is 5.22. The summed E-state index contributed by atoms with van der Waals surface area (Å²) in [6, 6.07) is 0. The number of fused-ring (bicyclic) bond motifs is 1. The molecule has 1 aromatic heterocycles. The molecule has 0 radical (unpaired) electrons. The number of primary amides is 1. The Hall–Kier alpha value is -0.350. The molecule has 0 spiro atoms. The Morgan fingerprint density at radius 3 is 2.75 bits per heavy atom. The fourth-order valence-corrected chi connectivity index (χ4v) is 3.52. The van der Waals surface area contributed by atoms with Gasteiger partial charge in [0, 0.05) is 0 Å². The summed E-state index contributed by atoms with van der Waals surface area (Å²) in [5.41, 5.74) is 7.73. The van der Waals surface area contributed by atoms with Crippen molar-refractivity contribution in [1.29, 1.82) is 0 Å². The lowest BCUT2D eigenvalue weighted by atomic mass is 10.2. The minimum absolute atomic E-state index is 0.288. The Bertz CT molecular complexity index is 345. The van der Waals surface area contributed by atoms with Gasteiger partial charge >= 0.3 is 0 Å². The van der Waals surface area contributed by atoms with Gasteiger partial charge in [-0.15, -0.1) is 11.3 Å². The van der Waals surface area contributed by atoms with Gasteiger partial charge in [0.05, 0.1) is 8.66 Å². The fourth-order valence-electron chi connectivity index (χ4n) is 1.62. The topological polar surface area (TPSA) is 43.1 Å². The van der Waals surface area contributed by atoms with Crippen molar-refractivity contribution in [3.05, 3.63) is 19.8 Å². The molecule has 0 aromatic carbocycles. The van der Waals surface area contributed by atoms with Gasteiger partial charge in [-0.05, 0) is 46.3 Å². The van der Waals surface area contributed by atoms with Crippen LogP contribution in [0.5, 0.6) is 0 Å². The summed E-state index contributed by atoms with van der Waals surface area (Å²) < 4.78 is 1.09. The first-order chi connectivity index (χ1) is 5.70. The van der Waals surface area contributed by atoms with E-state index in [-0.39, 0.29) is 5.91 Å². The molecule has 2 nitrogen and oxygen atoms in total. The molecule has 1 amide bonds. The number of nitrogens with two attached hydrogens (primary N) is 1. The summed E-state index contributed by atoms with van der Waals surface area (Å²) >= 11 is 4.91. The Morgan fingerprint density at radius 2 is 2.08 bits per heavy atom. The van der Waals surface area contributed by atoms with Crippen molar-refractivity contribution in [2.75, 3.05) is 0 Å². The van der Waals surface area contributed by atoms with Gasteiger partial charge in [-0.25, -0.2) is 0 Å². The third-order valence-corrected chi connectivity index (χ3v) is 4.19. The highest BCUT2D eigenvalue weighted by atomic mass is 79.9. The second kappa shape index (κ2) is 2.85. The molecule has 2 rings (SSSR count). The van der Waals surface area contributed by atoms with Crippen LogP contribution in [0.1, 0.15) is 27.2 Å². The van der Waals surface area contributed by atoms with E-state index >= 15 is 0 Å². The van der Waals surface area contributed by atoms with Crippen molar-refractivity contribution in [3.8, 4) is 0 Å². The number of hydrogen-bond acceptors (Lipinski definition) is 2. The highest BCUT2D eigenvalue weighted by molar-refractivity contribution is 9.11. The maximum Gasteiger partial charge on any atom is 0.259 e. The van der Waals surface area contributed by atoms with Gasteiger partial charge in [0.2, 0.25) is 0 Å². The van der Waals surface area contributed by atoms with E-state index in [2.05, 4.69) is 15.9 Å². The molecule has 0 atom stereocenters. The monoisotopic (exact) mass is 245 g/mol. The summed E-state index contributed by atoms with van der Waals surface area (Å²) in [5, 5.41) is 0. The Labute approximate surface area is 82.9 Å². The third-order valence-electron chi connectivity index (χ3n) is 2.14. The Kier molecular flexibility index (Phi) is 1.96. The smallest absolute Gasteiger partial charge is 0.259 e. The summed E-state index contributed by atoms with van der Waals surface area (Å²) in [6.45, 7) is 0. The highest BCUT2D eigenvalue weighted by Gasteiger charge is 2.23.